The first-order valence-corrected chi connectivity index (χ1v) is 8.88. The van der Waals surface area contributed by atoms with Gasteiger partial charge >= 0.3 is 0 Å². The fourth-order valence-corrected chi connectivity index (χ4v) is 3.33. The SMILES string of the molecule is O=S(=O)(Cl)c1nnc(Cc2c(F)cccc2Cl)n1C1CC1. The van der Waals surface area contributed by atoms with Gasteiger partial charge in [0, 0.05) is 33.7 Å². The first-order chi connectivity index (χ1) is 9.88. The second-order valence-corrected chi connectivity index (χ2v) is 7.68. The maximum atomic E-state index is 13.8. The fraction of sp³-hybridized carbons (Fsp3) is 0.333. The van der Waals surface area contributed by atoms with Gasteiger partial charge in [0.1, 0.15) is 11.6 Å². The van der Waals surface area contributed by atoms with Gasteiger partial charge in [0.05, 0.1) is 0 Å². The summed E-state index contributed by atoms with van der Waals surface area (Å²) >= 11 is 5.98. The van der Waals surface area contributed by atoms with E-state index in [2.05, 4.69) is 10.2 Å². The first kappa shape index (κ1) is 14.7. The van der Waals surface area contributed by atoms with Crippen molar-refractivity contribution < 1.29 is 12.8 Å². The topological polar surface area (TPSA) is 64.8 Å². The highest BCUT2D eigenvalue weighted by atomic mass is 35.7. The predicted octanol–water partition coefficient (Wildman–Crippen LogP) is 2.92. The summed E-state index contributed by atoms with van der Waals surface area (Å²) in [6.07, 6.45) is 1.69. The quantitative estimate of drug-likeness (QED) is 0.796. The lowest BCUT2D eigenvalue weighted by Crippen LogP contribution is -2.09. The lowest BCUT2D eigenvalue weighted by Gasteiger charge is -2.09. The Labute approximate surface area is 130 Å². The van der Waals surface area contributed by atoms with E-state index < -0.39 is 14.9 Å². The third-order valence-electron chi connectivity index (χ3n) is 3.26. The molecule has 1 saturated carbocycles. The molecule has 3 rings (SSSR count). The Morgan fingerprint density at radius 2 is 2.05 bits per heavy atom. The van der Waals surface area contributed by atoms with Crippen LogP contribution in [0.1, 0.15) is 30.3 Å². The normalized spacial score (nSPS) is 15.4. The minimum absolute atomic E-state index is 0.0101. The van der Waals surface area contributed by atoms with E-state index in [0.717, 1.165) is 12.8 Å². The molecule has 0 bridgehead atoms. The number of hydrogen-bond acceptors (Lipinski definition) is 4. The van der Waals surface area contributed by atoms with E-state index in [9.17, 15) is 12.8 Å². The van der Waals surface area contributed by atoms with E-state index >= 15 is 0 Å². The van der Waals surface area contributed by atoms with Gasteiger partial charge in [-0.25, -0.2) is 12.8 Å². The molecule has 0 atom stereocenters. The maximum absolute atomic E-state index is 13.8. The van der Waals surface area contributed by atoms with Gasteiger partial charge in [0.15, 0.2) is 0 Å². The molecule has 0 amide bonds. The van der Waals surface area contributed by atoms with Crippen molar-refractivity contribution in [3.63, 3.8) is 0 Å². The van der Waals surface area contributed by atoms with E-state index in [1.165, 1.54) is 16.7 Å². The van der Waals surface area contributed by atoms with E-state index in [4.69, 9.17) is 22.3 Å². The van der Waals surface area contributed by atoms with Crippen LogP contribution in [0.25, 0.3) is 0 Å². The van der Waals surface area contributed by atoms with Gasteiger partial charge in [0.2, 0.25) is 0 Å². The third-order valence-corrected chi connectivity index (χ3v) is 4.74. The molecule has 0 saturated heterocycles. The smallest absolute Gasteiger partial charge is 0.296 e. The summed E-state index contributed by atoms with van der Waals surface area (Å²) in [5.74, 6) is -0.133. The van der Waals surface area contributed by atoms with Crippen molar-refractivity contribution in [2.75, 3.05) is 0 Å². The average Bonchev–Trinajstić information content (AvgIpc) is 3.13. The monoisotopic (exact) mass is 349 g/mol. The molecule has 9 heteroatoms. The summed E-state index contributed by atoms with van der Waals surface area (Å²) in [6, 6.07) is 4.35. The van der Waals surface area contributed by atoms with E-state index in [1.807, 2.05) is 0 Å². The van der Waals surface area contributed by atoms with Crippen molar-refractivity contribution in [3.05, 3.63) is 40.4 Å². The molecule has 0 N–H and O–H groups in total. The summed E-state index contributed by atoms with van der Waals surface area (Å²) in [6.45, 7) is 0. The molecule has 1 fully saturated rings. The lowest BCUT2D eigenvalue weighted by atomic mass is 10.1. The molecule has 2 aromatic rings. The van der Waals surface area contributed by atoms with Crippen molar-refractivity contribution >= 4 is 31.3 Å². The molecule has 21 heavy (non-hydrogen) atoms. The zero-order chi connectivity index (χ0) is 15.2. The number of rotatable bonds is 4. The zero-order valence-corrected chi connectivity index (χ0v) is 13.0. The number of nitrogens with zero attached hydrogens (tertiary/aromatic N) is 3. The van der Waals surface area contributed by atoms with Gasteiger partial charge < -0.3 is 0 Å². The highest BCUT2D eigenvalue weighted by molar-refractivity contribution is 8.13. The fourth-order valence-electron chi connectivity index (χ4n) is 2.15. The molecule has 0 unspecified atom stereocenters. The highest BCUT2D eigenvalue weighted by Crippen LogP contribution is 2.38. The number of aromatic nitrogens is 3. The summed E-state index contributed by atoms with van der Waals surface area (Å²) in [5, 5.41) is 7.44. The van der Waals surface area contributed by atoms with E-state index in [1.54, 1.807) is 6.07 Å². The van der Waals surface area contributed by atoms with Crippen LogP contribution in [0.4, 0.5) is 4.39 Å². The first-order valence-electron chi connectivity index (χ1n) is 6.19. The van der Waals surface area contributed by atoms with Crippen molar-refractivity contribution in [1.29, 1.82) is 0 Å². The second kappa shape index (κ2) is 5.23. The Kier molecular flexibility index (Phi) is 3.67. The Morgan fingerprint density at radius 1 is 1.33 bits per heavy atom. The van der Waals surface area contributed by atoms with Crippen LogP contribution in [0.15, 0.2) is 23.4 Å². The molecule has 1 aliphatic rings. The zero-order valence-electron chi connectivity index (χ0n) is 10.6. The van der Waals surface area contributed by atoms with Crippen LogP contribution < -0.4 is 0 Å². The Morgan fingerprint density at radius 3 is 2.62 bits per heavy atom. The Balaban J connectivity index is 2.06. The van der Waals surface area contributed by atoms with Crippen molar-refractivity contribution in [1.82, 2.24) is 14.8 Å². The van der Waals surface area contributed by atoms with E-state index in [0.29, 0.717) is 5.82 Å². The molecular formula is C12H10Cl2FN3O2S. The molecule has 0 aliphatic heterocycles. The van der Waals surface area contributed by atoms with Crippen molar-refractivity contribution in [2.45, 2.75) is 30.5 Å². The lowest BCUT2D eigenvalue weighted by molar-refractivity contribution is 0.568. The molecule has 1 heterocycles. The molecule has 5 nitrogen and oxygen atoms in total. The largest absolute Gasteiger partial charge is 0.297 e. The van der Waals surface area contributed by atoms with Gasteiger partial charge in [-0.15, -0.1) is 10.2 Å². The summed E-state index contributed by atoms with van der Waals surface area (Å²) < 4.78 is 38.4. The number of benzene rings is 1. The maximum Gasteiger partial charge on any atom is 0.296 e. The van der Waals surface area contributed by atoms with Gasteiger partial charge in [0.25, 0.3) is 14.2 Å². The van der Waals surface area contributed by atoms with Crippen LogP contribution in [-0.4, -0.2) is 23.2 Å². The van der Waals surface area contributed by atoms with Crippen LogP contribution in [0, 0.1) is 5.82 Å². The van der Waals surface area contributed by atoms with Gasteiger partial charge in [-0.2, -0.15) is 0 Å². The Bertz CT molecular complexity index is 783. The van der Waals surface area contributed by atoms with Gasteiger partial charge in [-0.3, -0.25) is 4.57 Å². The van der Waals surface area contributed by atoms with Crippen molar-refractivity contribution in [2.24, 2.45) is 0 Å². The molecule has 1 aliphatic carbocycles. The molecule has 1 aromatic heterocycles. The molecule has 1 aromatic carbocycles. The van der Waals surface area contributed by atoms with Crippen LogP contribution in [0.2, 0.25) is 5.02 Å². The molecule has 0 spiro atoms. The number of halogens is 3. The molecule has 112 valence electrons. The Hall–Kier alpha value is -1.18. The van der Waals surface area contributed by atoms with Crippen LogP contribution in [-0.2, 0) is 15.5 Å². The van der Waals surface area contributed by atoms with Crippen LogP contribution in [0.3, 0.4) is 0 Å². The average molecular weight is 350 g/mol. The van der Waals surface area contributed by atoms with Crippen LogP contribution >= 0.6 is 22.3 Å². The van der Waals surface area contributed by atoms with E-state index in [-0.39, 0.29) is 28.2 Å². The number of hydrogen-bond donors (Lipinski definition) is 0. The molecular weight excluding hydrogens is 340 g/mol. The minimum Gasteiger partial charge on any atom is -0.297 e. The van der Waals surface area contributed by atoms with Crippen molar-refractivity contribution in [3.8, 4) is 0 Å². The molecule has 0 radical (unpaired) electrons. The minimum atomic E-state index is -4.00. The van der Waals surface area contributed by atoms with Crippen LogP contribution in [0.5, 0.6) is 0 Å². The van der Waals surface area contributed by atoms with Gasteiger partial charge in [-0.05, 0) is 25.0 Å². The summed E-state index contributed by atoms with van der Waals surface area (Å²) in [5.41, 5.74) is 0.256. The highest BCUT2D eigenvalue weighted by Gasteiger charge is 2.34. The second-order valence-electron chi connectivity index (χ2n) is 4.81. The standard InChI is InChI=1S/C12H10Cl2FN3O2S/c13-9-2-1-3-10(15)8(9)6-11-16-17-12(21(14,19)20)18(11)7-4-5-7/h1-3,7H,4-6H2. The van der Waals surface area contributed by atoms with Gasteiger partial charge in [-0.1, -0.05) is 17.7 Å². The summed E-state index contributed by atoms with van der Waals surface area (Å²) in [4.78, 5) is 0. The predicted molar refractivity (Wildman–Crippen MR) is 75.5 cm³/mol. The third kappa shape index (κ3) is 2.90. The summed E-state index contributed by atoms with van der Waals surface area (Å²) in [7, 11) is 1.37.